The zero-order valence-electron chi connectivity index (χ0n) is 13.6. The SMILES string of the molecule is CN(CCCC(=O)O)C(=O)c1cnn(-c2ccc(F)cc2)c1C(F)(F)F. The fourth-order valence-corrected chi connectivity index (χ4v) is 2.33. The Kier molecular flexibility index (Phi) is 5.63. The van der Waals surface area contributed by atoms with E-state index in [1.807, 2.05) is 0 Å². The van der Waals surface area contributed by atoms with Crippen LogP contribution in [0.1, 0.15) is 28.9 Å². The monoisotopic (exact) mass is 373 g/mol. The Morgan fingerprint density at radius 3 is 2.38 bits per heavy atom. The van der Waals surface area contributed by atoms with Crippen LogP contribution in [0, 0.1) is 5.82 Å². The van der Waals surface area contributed by atoms with Crippen molar-refractivity contribution in [3.63, 3.8) is 0 Å². The molecule has 140 valence electrons. The number of carboxylic acids is 1. The van der Waals surface area contributed by atoms with Crippen molar-refractivity contribution in [3.05, 3.63) is 47.5 Å². The first-order chi connectivity index (χ1) is 12.1. The number of rotatable bonds is 6. The minimum Gasteiger partial charge on any atom is -0.481 e. The van der Waals surface area contributed by atoms with E-state index in [1.165, 1.54) is 7.05 Å². The maximum atomic E-state index is 13.5. The highest BCUT2D eigenvalue weighted by atomic mass is 19.4. The molecular formula is C16H15F4N3O3. The molecule has 26 heavy (non-hydrogen) atoms. The van der Waals surface area contributed by atoms with Crippen LogP contribution in [-0.2, 0) is 11.0 Å². The molecule has 2 rings (SSSR count). The Labute approximate surface area is 145 Å². The van der Waals surface area contributed by atoms with Crippen LogP contribution < -0.4 is 0 Å². The summed E-state index contributed by atoms with van der Waals surface area (Å²) in [6.07, 6.45) is -4.19. The molecule has 6 nitrogen and oxygen atoms in total. The van der Waals surface area contributed by atoms with Crippen molar-refractivity contribution in [2.24, 2.45) is 0 Å². The maximum absolute atomic E-state index is 13.5. The summed E-state index contributed by atoms with van der Waals surface area (Å²) in [5.41, 5.74) is -2.00. The predicted molar refractivity (Wildman–Crippen MR) is 82.4 cm³/mol. The third-order valence-electron chi connectivity index (χ3n) is 3.57. The second-order valence-corrected chi connectivity index (χ2v) is 5.52. The van der Waals surface area contributed by atoms with Crippen LogP contribution in [0.15, 0.2) is 30.5 Å². The van der Waals surface area contributed by atoms with Gasteiger partial charge in [-0.15, -0.1) is 0 Å². The lowest BCUT2D eigenvalue weighted by Gasteiger charge is -2.18. The lowest BCUT2D eigenvalue weighted by Crippen LogP contribution is -2.30. The number of alkyl halides is 3. The third-order valence-corrected chi connectivity index (χ3v) is 3.57. The van der Waals surface area contributed by atoms with Gasteiger partial charge in [-0.3, -0.25) is 9.59 Å². The van der Waals surface area contributed by atoms with Gasteiger partial charge >= 0.3 is 12.1 Å². The highest BCUT2D eigenvalue weighted by Gasteiger charge is 2.41. The van der Waals surface area contributed by atoms with Crippen molar-refractivity contribution in [2.75, 3.05) is 13.6 Å². The molecular weight excluding hydrogens is 358 g/mol. The van der Waals surface area contributed by atoms with Crippen molar-refractivity contribution in [3.8, 4) is 5.69 Å². The van der Waals surface area contributed by atoms with Gasteiger partial charge < -0.3 is 10.0 Å². The molecule has 1 N–H and O–H groups in total. The Morgan fingerprint density at radius 1 is 1.23 bits per heavy atom. The van der Waals surface area contributed by atoms with Crippen LogP contribution in [-0.4, -0.2) is 45.3 Å². The van der Waals surface area contributed by atoms with Gasteiger partial charge in [-0.05, 0) is 30.7 Å². The molecule has 0 unspecified atom stereocenters. The molecule has 0 bridgehead atoms. The number of benzene rings is 1. The first kappa shape index (κ1) is 19.4. The number of aromatic nitrogens is 2. The Morgan fingerprint density at radius 2 is 1.85 bits per heavy atom. The zero-order valence-corrected chi connectivity index (χ0v) is 13.6. The van der Waals surface area contributed by atoms with Gasteiger partial charge in [0.25, 0.3) is 5.91 Å². The van der Waals surface area contributed by atoms with Gasteiger partial charge in [-0.1, -0.05) is 0 Å². The van der Waals surface area contributed by atoms with Crippen molar-refractivity contribution in [1.82, 2.24) is 14.7 Å². The molecule has 0 fully saturated rings. The summed E-state index contributed by atoms with van der Waals surface area (Å²) in [6.45, 7) is -0.0237. The summed E-state index contributed by atoms with van der Waals surface area (Å²) in [6, 6.07) is 4.19. The molecule has 10 heteroatoms. The molecule has 0 saturated heterocycles. The number of carboxylic acid groups (broad SMARTS) is 1. The van der Waals surface area contributed by atoms with Crippen LogP contribution in [0.25, 0.3) is 5.69 Å². The van der Waals surface area contributed by atoms with Crippen molar-refractivity contribution in [2.45, 2.75) is 19.0 Å². The molecule has 0 aliphatic carbocycles. The number of hydrogen-bond acceptors (Lipinski definition) is 3. The van der Waals surface area contributed by atoms with Crippen LogP contribution >= 0.6 is 0 Å². The minimum atomic E-state index is -4.88. The summed E-state index contributed by atoms with van der Waals surface area (Å²) < 4.78 is 54.0. The lowest BCUT2D eigenvalue weighted by atomic mass is 10.2. The molecule has 1 heterocycles. The van der Waals surface area contributed by atoms with E-state index in [9.17, 15) is 27.2 Å². The first-order valence-electron chi connectivity index (χ1n) is 7.49. The van der Waals surface area contributed by atoms with Gasteiger partial charge in [0.05, 0.1) is 17.4 Å². The number of nitrogens with zero attached hydrogens (tertiary/aromatic N) is 3. The van der Waals surface area contributed by atoms with Crippen molar-refractivity contribution < 1.29 is 32.3 Å². The van der Waals surface area contributed by atoms with E-state index in [1.54, 1.807) is 0 Å². The van der Waals surface area contributed by atoms with E-state index >= 15 is 0 Å². The molecule has 0 aliphatic rings. The van der Waals surface area contributed by atoms with E-state index in [-0.39, 0.29) is 25.1 Å². The summed E-state index contributed by atoms with van der Waals surface area (Å²) >= 11 is 0. The lowest BCUT2D eigenvalue weighted by molar-refractivity contribution is -0.143. The Hall–Kier alpha value is -2.91. The Balaban J connectivity index is 2.35. The van der Waals surface area contributed by atoms with Gasteiger partial charge in [-0.25, -0.2) is 9.07 Å². The molecule has 0 radical (unpaired) electrons. The molecule has 1 aromatic heterocycles. The minimum absolute atomic E-state index is 0.0237. The normalized spacial score (nSPS) is 11.4. The largest absolute Gasteiger partial charge is 0.481 e. The standard InChI is InChI=1S/C16H15F4N3O3/c1-22(8-2-3-13(24)25)15(26)12-9-21-23(14(12)16(18,19)20)11-6-4-10(17)5-7-11/h4-7,9H,2-3,8H2,1H3,(H,24,25). The molecule has 2 aromatic rings. The van der Waals surface area contributed by atoms with Crippen LogP contribution in [0.5, 0.6) is 0 Å². The van der Waals surface area contributed by atoms with E-state index in [0.717, 1.165) is 35.4 Å². The number of halogens is 4. The Bertz CT molecular complexity index is 800. The summed E-state index contributed by atoms with van der Waals surface area (Å²) in [5, 5.41) is 12.2. The zero-order chi connectivity index (χ0) is 19.5. The van der Waals surface area contributed by atoms with Gasteiger partial charge in [0.2, 0.25) is 0 Å². The fraction of sp³-hybridized carbons (Fsp3) is 0.312. The molecule has 0 saturated carbocycles. The smallest absolute Gasteiger partial charge is 0.434 e. The number of amides is 1. The van der Waals surface area contributed by atoms with Gasteiger partial charge in [-0.2, -0.15) is 18.3 Å². The molecule has 0 spiro atoms. The summed E-state index contributed by atoms with van der Waals surface area (Å²) in [7, 11) is 1.28. The summed E-state index contributed by atoms with van der Waals surface area (Å²) in [5.74, 6) is -2.62. The second kappa shape index (κ2) is 7.54. The van der Waals surface area contributed by atoms with E-state index in [0.29, 0.717) is 4.68 Å². The summed E-state index contributed by atoms with van der Waals surface area (Å²) in [4.78, 5) is 23.9. The predicted octanol–water partition coefficient (Wildman–Crippen LogP) is 2.97. The van der Waals surface area contributed by atoms with Crippen LogP contribution in [0.2, 0.25) is 0 Å². The molecule has 1 amide bonds. The second-order valence-electron chi connectivity index (χ2n) is 5.52. The highest BCUT2D eigenvalue weighted by Crippen LogP contribution is 2.34. The molecule has 1 aromatic carbocycles. The molecule has 0 atom stereocenters. The topological polar surface area (TPSA) is 75.4 Å². The fourth-order valence-electron chi connectivity index (χ4n) is 2.33. The number of carbonyl (C=O) groups is 2. The quantitative estimate of drug-likeness (QED) is 0.790. The van der Waals surface area contributed by atoms with E-state index < -0.39 is 35.1 Å². The molecule has 0 aliphatic heterocycles. The average Bonchev–Trinajstić information content (AvgIpc) is 2.99. The van der Waals surface area contributed by atoms with Crippen molar-refractivity contribution >= 4 is 11.9 Å². The van der Waals surface area contributed by atoms with Crippen LogP contribution in [0.4, 0.5) is 17.6 Å². The van der Waals surface area contributed by atoms with Gasteiger partial charge in [0.15, 0.2) is 5.69 Å². The van der Waals surface area contributed by atoms with Gasteiger partial charge in [0.1, 0.15) is 5.82 Å². The number of hydrogen-bond donors (Lipinski definition) is 1. The average molecular weight is 373 g/mol. The van der Waals surface area contributed by atoms with E-state index in [4.69, 9.17) is 5.11 Å². The van der Waals surface area contributed by atoms with Gasteiger partial charge in [0, 0.05) is 20.0 Å². The third kappa shape index (κ3) is 4.38. The maximum Gasteiger partial charge on any atom is 0.434 e. The van der Waals surface area contributed by atoms with E-state index in [2.05, 4.69) is 5.10 Å². The number of aliphatic carboxylic acids is 1. The number of carbonyl (C=O) groups excluding carboxylic acids is 1. The van der Waals surface area contributed by atoms with Crippen molar-refractivity contribution in [1.29, 1.82) is 0 Å². The highest BCUT2D eigenvalue weighted by molar-refractivity contribution is 5.95. The van der Waals surface area contributed by atoms with Crippen LogP contribution in [0.3, 0.4) is 0 Å². The first-order valence-corrected chi connectivity index (χ1v) is 7.49.